The van der Waals surface area contributed by atoms with Gasteiger partial charge in [-0.1, -0.05) is 13.8 Å². The molecule has 0 amide bonds. The Kier molecular flexibility index (Phi) is 2.99. The zero-order valence-electron chi connectivity index (χ0n) is 10.2. The van der Waals surface area contributed by atoms with E-state index in [-0.39, 0.29) is 0 Å². The minimum atomic E-state index is 0.453. The third kappa shape index (κ3) is 2.62. The number of hydrogen-bond donors (Lipinski definition) is 1. The number of hydrogen-bond acceptors (Lipinski definition) is 4. The Morgan fingerprint density at radius 2 is 2.25 bits per heavy atom. The molecular formula is C12H19N3O. The molecule has 1 aliphatic rings. The van der Waals surface area contributed by atoms with Crippen LogP contribution in [0.15, 0.2) is 12.4 Å². The monoisotopic (exact) mass is 221 g/mol. The summed E-state index contributed by atoms with van der Waals surface area (Å²) in [7, 11) is 1.62. The van der Waals surface area contributed by atoms with Gasteiger partial charge in [0.1, 0.15) is 12.1 Å². The number of nitrogens with zero attached hydrogens (tertiary/aromatic N) is 2. The zero-order valence-corrected chi connectivity index (χ0v) is 10.2. The molecule has 0 saturated heterocycles. The van der Waals surface area contributed by atoms with Crippen molar-refractivity contribution >= 4 is 5.82 Å². The number of rotatable bonds is 3. The van der Waals surface area contributed by atoms with Crippen molar-refractivity contribution in [1.29, 1.82) is 0 Å². The minimum Gasteiger partial charge on any atom is -0.481 e. The molecule has 1 aromatic rings. The van der Waals surface area contributed by atoms with Crippen molar-refractivity contribution < 1.29 is 4.74 Å². The number of methoxy groups -OCH3 is 1. The predicted octanol–water partition coefficient (Wildman–Crippen LogP) is 2.48. The standard InChI is InChI=1S/C12H19N3O/c1-12(2)5-4-9(7-12)15-10-6-11(16-3)14-8-13-10/h6,8-9H,4-5,7H2,1-3H3,(H,13,14,15). The Morgan fingerprint density at radius 1 is 1.44 bits per heavy atom. The highest BCUT2D eigenvalue weighted by atomic mass is 16.5. The van der Waals surface area contributed by atoms with E-state index in [1.807, 2.05) is 6.07 Å². The van der Waals surface area contributed by atoms with Gasteiger partial charge in [-0.15, -0.1) is 0 Å². The first-order chi connectivity index (χ1) is 7.59. The van der Waals surface area contributed by atoms with Crippen LogP contribution in [0.3, 0.4) is 0 Å². The van der Waals surface area contributed by atoms with E-state index in [1.165, 1.54) is 25.6 Å². The normalized spacial score (nSPS) is 23.1. The van der Waals surface area contributed by atoms with E-state index in [4.69, 9.17) is 4.74 Å². The van der Waals surface area contributed by atoms with E-state index in [0.717, 1.165) is 5.82 Å². The maximum Gasteiger partial charge on any atom is 0.218 e. The summed E-state index contributed by atoms with van der Waals surface area (Å²) >= 11 is 0. The molecule has 88 valence electrons. The van der Waals surface area contributed by atoms with E-state index in [9.17, 15) is 0 Å². The molecule has 1 fully saturated rings. The molecular weight excluding hydrogens is 202 g/mol. The van der Waals surface area contributed by atoms with Crippen LogP contribution < -0.4 is 10.1 Å². The smallest absolute Gasteiger partial charge is 0.218 e. The Labute approximate surface area is 96.4 Å². The van der Waals surface area contributed by atoms with Gasteiger partial charge in [0.05, 0.1) is 7.11 Å². The third-order valence-corrected chi connectivity index (χ3v) is 3.17. The molecule has 2 rings (SSSR count). The maximum absolute atomic E-state index is 5.07. The van der Waals surface area contributed by atoms with E-state index in [2.05, 4.69) is 29.1 Å². The predicted molar refractivity (Wildman–Crippen MR) is 63.6 cm³/mol. The van der Waals surface area contributed by atoms with Crippen molar-refractivity contribution in [2.24, 2.45) is 5.41 Å². The lowest BCUT2D eigenvalue weighted by Crippen LogP contribution is -2.18. The van der Waals surface area contributed by atoms with Crippen LogP contribution in [0.2, 0.25) is 0 Å². The fourth-order valence-corrected chi connectivity index (χ4v) is 2.30. The summed E-state index contributed by atoms with van der Waals surface area (Å²) < 4.78 is 5.07. The van der Waals surface area contributed by atoms with Gasteiger partial charge >= 0.3 is 0 Å². The van der Waals surface area contributed by atoms with Crippen molar-refractivity contribution in [3.8, 4) is 5.88 Å². The molecule has 1 N–H and O–H groups in total. The first-order valence-electron chi connectivity index (χ1n) is 5.72. The van der Waals surface area contributed by atoms with Crippen molar-refractivity contribution in [3.05, 3.63) is 12.4 Å². The van der Waals surface area contributed by atoms with Crippen molar-refractivity contribution in [3.63, 3.8) is 0 Å². The summed E-state index contributed by atoms with van der Waals surface area (Å²) in [5.74, 6) is 1.46. The first kappa shape index (κ1) is 11.2. The molecule has 16 heavy (non-hydrogen) atoms. The van der Waals surface area contributed by atoms with Gasteiger partial charge in [0.2, 0.25) is 5.88 Å². The third-order valence-electron chi connectivity index (χ3n) is 3.17. The lowest BCUT2D eigenvalue weighted by Gasteiger charge is -2.18. The SMILES string of the molecule is COc1cc(NC2CCC(C)(C)C2)ncn1. The van der Waals surface area contributed by atoms with Gasteiger partial charge < -0.3 is 10.1 Å². The molecule has 1 atom stereocenters. The molecule has 1 aromatic heterocycles. The second kappa shape index (κ2) is 4.28. The maximum atomic E-state index is 5.07. The topological polar surface area (TPSA) is 47.0 Å². The van der Waals surface area contributed by atoms with Crippen molar-refractivity contribution in [2.45, 2.75) is 39.2 Å². The van der Waals surface area contributed by atoms with Crippen LogP contribution in [0.4, 0.5) is 5.82 Å². The van der Waals surface area contributed by atoms with Crippen LogP contribution in [0.5, 0.6) is 5.88 Å². The largest absolute Gasteiger partial charge is 0.481 e. The van der Waals surface area contributed by atoms with Crippen LogP contribution >= 0.6 is 0 Å². The van der Waals surface area contributed by atoms with Gasteiger partial charge in [-0.25, -0.2) is 9.97 Å². The molecule has 1 heterocycles. The molecule has 0 aromatic carbocycles. The highest BCUT2D eigenvalue weighted by Crippen LogP contribution is 2.38. The molecule has 1 aliphatic carbocycles. The second-order valence-electron chi connectivity index (χ2n) is 5.19. The lowest BCUT2D eigenvalue weighted by molar-refractivity contribution is 0.378. The van der Waals surface area contributed by atoms with Crippen LogP contribution in [-0.4, -0.2) is 23.1 Å². The van der Waals surface area contributed by atoms with Gasteiger partial charge in [-0.3, -0.25) is 0 Å². The quantitative estimate of drug-likeness (QED) is 0.851. The van der Waals surface area contributed by atoms with E-state index in [1.54, 1.807) is 7.11 Å². The summed E-state index contributed by atoms with van der Waals surface area (Å²) in [6.07, 6.45) is 5.20. The van der Waals surface area contributed by atoms with Gasteiger partial charge in [0.25, 0.3) is 0 Å². The number of ether oxygens (including phenoxy) is 1. The molecule has 4 nitrogen and oxygen atoms in total. The van der Waals surface area contributed by atoms with Gasteiger partial charge in [0.15, 0.2) is 0 Å². The Morgan fingerprint density at radius 3 is 2.88 bits per heavy atom. The van der Waals surface area contributed by atoms with Gasteiger partial charge in [-0.2, -0.15) is 0 Å². The fraction of sp³-hybridized carbons (Fsp3) is 0.667. The summed E-state index contributed by atoms with van der Waals surface area (Å²) in [6, 6.07) is 2.36. The summed E-state index contributed by atoms with van der Waals surface area (Å²) in [6.45, 7) is 4.63. The second-order valence-corrected chi connectivity index (χ2v) is 5.19. The molecule has 1 unspecified atom stereocenters. The Hall–Kier alpha value is -1.32. The average Bonchev–Trinajstić information content (AvgIpc) is 2.58. The molecule has 0 aliphatic heterocycles. The molecule has 1 saturated carbocycles. The van der Waals surface area contributed by atoms with Gasteiger partial charge in [0, 0.05) is 12.1 Å². The molecule has 4 heteroatoms. The highest BCUT2D eigenvalue weighted by Gasteiger charge is 2.30. The number of aromatic nitrogens is 2. The molecule has 0 spiro atoms. The lowest BCUT2D eigenvalue weighted by atomic mass is 9.92. The molecule has 0 bridgehead atoms. The van der Waals surface area contributed by atoms with E-state index >= 15 is 0 Å². The van der Waals surface area contributed by atoms with Crippen molar-refractivity contribution in [2.75, 3.05) is 12.4 Å². The average molecular weight is 221 g/mol. The van der Waals surface area contributed by atoms with Crippen LogP contribution in [0.25, 0.3) is 0 Å². The first-order valence-corrected chi connectivity index (χ1v) is 5.72. The Balaban J connectivity index is 1.99. The molecule has 0 radical (unpaired) electrons. The highest BCUT2D eigenvalue weighted by molar-refractivity contribution is 5.38. The summed E-state index contributed by atoms with van der Waals surface area (Å²) in [5.41, 5.74) is 0.453. The van der Waals surface area contributed by atoms with Crippen LogP contribution in [0.1, 0.15) is 33.1 Å². The van der Waals surface area contributed by atoms with Crippen LogP contribution in [-0.2, 0) is 0 Å². The zero-order chi connectivity index (χ0) is 11.6. The number of nitrogens with one attached hydrogen (secondary N) is 1. The minimum absolute atomic E-state index is 0.453. The summed E-state index contributed by atoms with van der Waals surface area (Å²) in [4.78, 5) is 8.18. The van der Waals surface area contributed by atoms with Gasteiger partial charge in [-0.05, 0) is 24.7 Å². The van der Waals surface area contributed by atoms with Crippen LogP contribution in [0, 0.1) is 5.41 Å². The Bertz CT molecular complexity index is 365. The number of anilines is 1. The van der Waals surface area contributed by atoms with Crippen molar-refractivity contribution in [1.82, 2.24) is 9.97 Å². The van der Waals surface area contributed by atoms with E-state index in [0.29, 0.717) is 17.3 Å². The summed E-state index contributed by atoms with van der Waals surface area (Å²) in [5, 5.41) is 3.44. The fourth-order valence-electron chi connectivity index (χ4n) is 2.30. The van der Waals surface area contributed by atoms with E-state index < -0.39 is 0 Å².